The second-order valence-corrected chi connectivity index (χ2v) is 5.93. The molecule has 0 saturated heterocycles. The number of ketones is 1. The Hall–Kier alpha value is -1.11. The lowest BCUT2D eigenvalue weighted by Gasteiger charge is -2.18. The van der Waals surface area contributed by atoms with Crippen LogP contribution in [0.3, 0.4) is 0 Å². The zero-order valence-corrected chi connectivity index (χ0v) is 13.7. The molecule has 0 aliphatic carbocycles. The van der Waals surface area contributed by atoms with E-state index < -0.39 is 0 Å². The number of benzene rings is 1. The predicted molar refractivity (Wildman–Crippen MR) is 87.2 cm³/mol. The third kappa shape index (κ3) is 5.48. The molecule has 1 atom stereocenters. The Kier molecular flexibility index (Phi) is 7.58. The van der Waals surface area contributed by atoms with E-state index in [1.54, 1.807) is 0 Å². The zero-order chi connectivity index (χ0) is 15.0. The van der Waals surface area contributed by atoms with Crippen LogP contribution in [0, 0.1) is 12.8 Å². The van der Waals surface area contributed by atoms with Crippen LogP contribution >= 0.6 is 0 Å². The molecule has 20 heavy (non-hydrogen) atoms. The lowest BCUT2D eigenvalue weighted by molar-refractivity contribution is -0.119. The first-order valence-corrected chi connectivity index (χ1v) is 8.20. The Morgan fingerprint density at radius 3 is 2.50 bits per heavy atom. The smallest absolute Gasteiger partial charge is 0.132 e. The first-order chi connectivity index (χ1) is 9.60. The van der Waals surface area contributed by atoms with Crippen molar-refractivity contribution < 1.29 is 4.79 Å². The van der Waals surface area contributed by atoms with Gasteiger partial charge in [0.05, 0.1) is 0 Å². The summed E-state index contributed by atoms with van der Waals surface area (Å²) in [4.78, 5) is 11.8. The lowest BCUT2D eigenvalue weighted by atomic mass is 9.86. The summed E-state index contributed by atoms with van der Waals surface area (Å²) < 4.78 is 0. The van der Waals surface area contributed by atoms with Crippen LogP contribution in [0.25, 0.3) is 0 Å². The maximum Gasteiger partial charge on any atom is 0.132 e. The van der Waals surface area contributed by atoms with Crippen molar-refractivity contribution in [1.29, 1.82) is 0 Å². The summed E-state index contributed by atoms with van der Waals surface area (Å²) in [7, 11) is 0. The fourth-order valence-electron chi connectivity index (χ4n) is 2.84. The normalized spacial score (nSPS) is 12.4. The highest BCUT2D eigenvalue weighted by molar-refractivity contribution is 5.78. The molecule has 0 aromatic heterocycles. The number of carbonyl (C=O) groups is 1. The van der Waals surface area contributed by atoms with Gasteiger partial charge in [-0.25, -0.2) is 0 Å². The molecule has 0 bridgehead atoms. The van der Waals surface area contributed by atoms with E-state index in [0.717, 1.165) is 19.3 Å². The summed E-state index contributed by atoms with van der Waals surface area (Å²) in [6, 6.07) is 6.76. The van der Waals surface area contributed by atoms with E-state index in [1.165, 1.54) is 36.0 Å². The Balaban J connectivity index is 2.81. The third-order valence-electron chi connectivity index (χ3n) is 4.13. The van der Waals surface area contributed by atoms with E-state index in [-0.39, 0.29) is 0 Å². The summed E-state index contributed by atoms with van der Waals surface area (Å²) in [6.07, 6.45) is 7.21. The van der Waals surface area contributed by atoms with Gasteiger partial charge in [0.25, 0.3) is 0 Å². The van der Waals surface area contributed by atoms with Gasteiger partial charge < -0.3 is 0 Å². The predicted octanol–water partition coefficient (Wildman–Crippen LogP) is 5.28. The minimum absolute atomic E-state index is 0.414. The first kappa shape index (κ1) is 16.9. The Morgan fingerprint density at radius 2 is 1.90 bits per heavy atom. The maximum atomic E-state index is 11.8. The maximum absolute atomic E-state index is 11.8. The van der Waals surface area contributed by atoms with E-state index in [4.69, 9.17) is 0 Å². The van der Waals surface area contributed by atoms with Crippen molar-refractivity contribution in [3.05, 3.63) is 34.9 Å². The van der Waals surface area contributed by atoms with Crippen LogP contribution in [-0.2, 0) is 17.6 Å². The molecule has 1 heteroatoms. The number of hydrogen-bond donors (Lipinski definition) is 0. The molecule has 0 saturated carbocycles. The van der Waals surface area contributed by atoms with Gasteiger partial charge in [-0.15, -0.1) is 0 Å². The minimum atomic E-state index is 0.414. The van der Waals surface area contributed by atoms with Crippen molar-refractivity contribution in [2.45, 2.75) is 72.6 Å². The van der Waals surface area contributed by atoms with Crippen LogP contribution in [0.4, 0.5) is 0 Å². The number of Topliss-reactive ketones (excluding diaryl/α,β-unsaturated/α-hetero) is 1. The van der Waals surface area contributed by atoms with Gasteiger partial charge in [-0.2, -0.15) is 0 Å². The van der Waals surface area contributed by atoms with Gasteiger partial charge >= 0.3 is 0 Å². The molecule has 0 spiro atoms. The number of unbranched alkanes of at least 4 members (excludes halogenated alkanes) is 1. The molecule has 1 aromatic rings. The average Bonchev–Trinajstić information content (AvgIpc) is 2.44. The molecule has 0 heterocycles. The highest BCUT2D eigenvalue weighted by Crippen LogP contribution is 2.23. The van der Waals surface area contributed by atoms with Gasteiger partial charge in [0.2, 0.25) is 0 Å². The van der Waals surface area contributed by atoms with Gasteiger partial charge in [-0.05, 0) is 43.2 Å². The zero-order valence-electron chi connectivity index (χ0n) is 13.7. The highest BCUT2D eigenvalue weighted by Gasteiger charge is 2.15. The third-order valence-corrected chi connectivity index (χ3v) is 4.13. The van der Waals surface area contributed by atoms with Crippen molar-refractivity contribution in [1.82, 2.24) is 0 Å². The molecule has 0 radical (unpaired) electrons. The number of rotatable bonds is 9. The second kappa shape index (κ2) is 8.94. The summed E-state index contributed by atoms with van der Waals surface area (Å²) in [6.45, 7) is 8.57. The fraction of sp³-hybridized carbons (Fsp3) is 0.632. The standard InChI is InChI=1S/C19H30O/c1-5-8-9-16(14-19(20)7-3)13-18-12-15(4)10-11-17(18)6-2/h10-12,16H,5-9,13-14H2,1-4H3. The molecule has 0 N–H and O–H groups in total. The Bertz CT molecular complexity index is 420. The molecule has 0 fully saturated rings. The minimum Gasteiger partial charge on any atom is -0.300 e. The van der Waals surface area contributed by atoms with Gasteiger partial charge in [-0.3, -0.25) is 4.79 Å². The molecular formula is C19H30O. The molecule has 1 nitrogen and oxygen atoms in total. The number of hydrogen-bond acceptors (Lipinski definition) is 1. The van der Waals surface area contributed by atoms with E-state index in [1.807, 2.05) is 6.92 Å². The van der Waals surface area contributed by atoms with Crippen molar-refractivity contribution in [3.63, 3.8) is 0 Å². The van der Waals surface area contributed by atoms with Crippen LogP contribution in [0.15, 0.2) is 18.2 Å². The molecule has 0 amide bonds. The van der Waals surface area contributed by atoms with Crippen LogP contribution in [0.2, 0.25) is 0 Å². The highest BCUT2D eigenvalue weighted by atomic mass is 16.1. The van der Waals surface area contributed by atoms with Crippen LogP contribution in [0.5, 0.6) is 0 Å². The van der Waals surface area contributed by atoms with Crippen molar-refractivity contribution >= 4 is 5.78 Å². The fourth-order valence-corrected chi connectivity index (χ4v) is 2.84. The van der Waals surface area contributed by atoms with Crippen LogP contribution in [0.1, 0.15) is 69.6 Å². The topological polar surface area (TPSA) is 17.1 Å². The summed E-state index contributed by atoms with van der Waals surface area (Å²) in [5, 5.41) is 0. The molecule has 1 aromatic carbocycles. The molecule has 0 aliphatic heterocycles. The van der Waals surface area contributed by atoms with Crippen molar-refractivity contribution in [2.75, 3.05) is 0 Å². The number of carbonyl (C=O) groups excluding carboxylic acids is 1. The average molecular weight is 274 g/mol. The van der Waals surface area contributed by atoms with E-state index in [0.29, 0.717) is 18.1 Å². The summed E-state index contributed by atoms with van der Waals surface area (Å²) in [5.41, 5.74) is 4.23. The molecule has 0 aliphatic rings. The molecule has 1 unspecified atom stereocenters. The van der Waals surface area contributed by atoms with E-state index in [2.05, 4.69) is 39.0 Å². The summed E-state index contributed by atoms with van der Waals surface area (Å²) >= 11 is 0. The molecular weight excluding hydrogens is 244 g/mol. The lowest BCUT2D eigenvalue weighted by Crippen LogP contribution is -2.12. The van der Waals surface area contributed by atoms with E-state index >= 15 is 0 Å². The van der Waals surface area contributed by atoms with Gasteiger partial charge in [0.15, 0.2) is 0 Å². The van der Waals surface area contributed by atoms with E-state index in [9.17, 15) is 4.79 Å². The van der Waals surface area contributed by atoms with Crippen LogP contribution in [-0.4, -0.2) is 5.78 Å². The van der Waals surface area contributed by atoms with Crippen molar-refractivity contribution in [2.24, 2.45) is 5.92 Å². The second-order valence-electron chi connectivity index (χ2n) is 5.93. The molecule has 1 rings (SSSR count). The SMILES string of the molecule is CCCCC(CC(=O)CC)Cc1cc(C)ccc1CC. The number of aryl methyl sites for hydroxylation is 2. The van der Waals surface area contributed by atoms with Gasteiger partial charge in [0, 0.05) is 12.8 Å². The quantitative estimate of drug-likeness (QED) is 0.599. The van der Waals surface area contributed by atoms with Crippen molar-refractivity contribution in [3.8, 4) is 0 Å². The Morgan fingerprint density at radius 1 is 1.15 bits per heavy atom. The monoisotopic (exact) mass is 274 g/mol. The Labute approximate surface area is 124 Å². The van der Waals surface area contributed by atoms with Gasteiger partial charge in [-0.1, -0.05) is 57.4 Å². The van der Waals surface area contributed by atoms with Gasteiger partial charge in [0.1, 0.15) is 5.78 Å². The first-order valence-electron chi connectivity index (χ1n) is 8.20. The largest absolute Gasteiger partial charge is 0.300 e. The molecule has 112 valence electrons. The summed E-state index contributed by atoms with van der Waals surface area (Å²) in [5.74, 6) is 0.936. The van der Waals surface area contributed by atoms with Crippen LogP contribution < -0.4 is 0 Å².